The van der Waals surface area contributed by atoms with Gasteiger partial charge < -0.3 is 30.3 Å². The van der Waals surface area contributed by atoms with E-state index < -0.39 is 12.3 Å². The number of anilines is 2. The van der Waals surface area contributed by atoms with Crippen LogP contribution in [-0.2, 0) is 9.59 Å². The molecule has 2 saturated heterocycles. The van der Waals surface area contributed by atoms with E-state index in [1.807, 2.05) is 6.92 Å². The van der Waals surface area contributed by atoms with E-state index in [0.29, 0.717) is 28.8 Å². The van der Waals surface area contributed by atoms with Gasteiger partial charge in [-0.2, -0.15) is 4.98 Å². The first-order chi connectivity index (χ1) is 20.0. The largest absolute Gasteiger partial charge is 0.573 e. The number of primary amides is 1. The summed E-state index contributed by atoms with van der Waals surface area (Å²) in [5, 5.41) is 2.60. The molecule has 12 nitrogen and oxygen atoms in total. The Morgan fingerprint density at radius 2 is 1.64 bits per heavy atom. The maximum absolute atomic E-state index is 12.3. The molecule has 42 heavy (non-hydrogen) atoms. The lowest BCUT2D eigenvalue weighted by molar-refractivity contribution is -0.274. The molecular weight excluding hydrogens is 557 g/mol. The smallest absolute Gasteiger partial charge is 0.484 e. The second-order valence-electron chi connectivity index (χ2n) is 9.96. The first kappa shape index (κ1) is 30.7. The Morgan fingerprint density at radius 3 is 2.26 bits per heavy atom. The molecule has 0 atom stereocenters. The number of benzene rings is 1. The van der Waals surface area contributed by atoms with Crippen LogP contribution in [0.3, 0.4) is 0 Å². The Morgan fingerprint density at radius 1 is 1.02 bits per heavy atom. The summed E-state index contributed by atoms with van der Waals surface area (Å²) in [5.41, 5.74) is 6.07. The molecule has 2 aliphatic heterocycles. The van der Waals surface area contributed by atoms with Crippen LogP contribution in [0.2, 0.25) is 0 Å². The number of carbonyl (C=O) groups is 2. The number of nitrogens with zero attached hydrogens (tertiary/aromatic N) is 6. The molecule has 226 valence electrons. The molecule has 3 aromatic rings. The fourth-order valence-electron chi connectivity index (χ4n) is 4.83. The third kappa shape index (κ3) is 8.86. The summed E-state index contributed by atoms with van der Waals surface area (Å²) in [5.74, 6) is -0.161. The second-order valence-corrected chi connectivity index (χ2v) is 9.96. The minimum atomic E-state index is -4.78. The quantitative estimate of drug-likeness (QED) is 0.420. The van der Waals surface area contributed by atoms with Crippen LogP contribution in [0.1, 0.15) is 38.3 Å². The van der Waals surface area contributed by atoms with Gasteiger partial charge in [-0.25, -0.2) is 15.0 Å². The van der Waals surface area contributed by atoms with Crippen molar-refractivity contribution in [1.29, 1.82) is 0 Å². The molecule has 5 rings (SSSR count). The molecular formula is C27H33F3N8O4. The standard InChI is InChI=1S/C25H28F3N7O3.C2H5NO/c1-16-22-23(33-24(30-16)35-12-8-17(9-13-35)34-10-2-3-11-34)29-14-20(32-22)31-21(36)15-37-18-4-6-19(7-5-18)38-25(26,27)28;1-2(3)4/h4-7,14,17H,2-3,8-13,15H2,1H3,(H,31,32,36);1H3,(H2,3,4). The molecule has 0 spiro atoms. The van der Waals surface area contributed by atoms with E-state index in [9.17, 15) is 22.8 Å². The third-order valence-electron chi connectivity index (χ3n) is 6.67. The highest BCUT2D eigenvalue weighted by atomic mass is 19.4. The molecule has 0 aliphatic carbocycles. The second kappa shape index (κ2) is 13.6. The number of amides is 2. The summed E-state index contributed by atoms with van der Waals surface area (Å²) in [6.07, 6.45) is 1.39. The minimum Gasteiger partial charge on any atom is -0.484 e. The Hall–Kier alpha value is -4.27. The number of rotatable bonds is 7. The molecule has 2 amide bonds. The molecule has 3 N–H and O–H groups in total. The molecule has 2 aromatic heterocycles. The van der Waals surface area contributed by atoms with Crippen molar-refractivity contribution in [2.24, 2.45) is 5.73 Å². The van der Waals surface area contributed by atoms with Crippen LogP contribution < -0.4 is 25.4 Å². The molecule has 0 bridgehead atoms. The number of aryl methyl sites for hydroxylation is 1. The van der Waals surface area contributed by atoms with E-state index in [4.69, 9.17) is 4.74 Å². The number of ether oxygens (including phenoxy) is 2. The molecule has 15 heteroatoms. The number of halogens is 3. The SMILES string of the molecule is CC(N)=O.Cc1nc(N2CCC(N3CCCC3)CC2)nc2ncc(NC(=O)COc3ccc(OC(F)(F)F)cc3)nc12. The van der Waals surface area contributed by atoms with Crippen LogP contribution in [0.4, 0.5) is 24.9 Å². The first-order valence-electron chi connectivity index (χ1n) is 13.5. The van der Waals surface area contributed by atoms with Crippen molar-refractivity contribution >= 4 is 34.7 Å². The zero-order valence-corrected chi connectivity index (χ0v) is 23.4. The average molecular weight is 591 g/mol. The number of carbonyl (C=O) groups excluding carboxylic acids is 2. The van der Waals surface area contributed by atoms with Gasteiger partial charge >= 0.3 is 6.36 Å². The van der Waals surface area contributed by atoms with E-state index in [1.165, 1.54) is 51.2 Å². The average Bonchev–Trinajstić information content (AvgIpc) is 3.47. The molecule has 1 aromatic carbocycles. The van der Waals surface area contributed by atoms with Gasteiger partial charge in [-0.1, -0.05) is 0 Å². The lowest BCUT2D eigenvalue weighted by Crippen LogP contribution is -2.44. The number of hydrogen-bond acceptors (Lipinski definition) is 10. The summed E-state index contributed by atoms with van der Waals surface area (Å²) in [6.45, 7) is 6.95. The van der Waals surface area contributed by atoms with Crippen molar-refractivity contribution in [3.63, 3.8) is 0 Å². The van der Waals surface area contributed by atoms with Crippen molar-refractivity contribution in [3.8, 4) is 11.5 Å². The van der Waals surface area contributed by atoms with E-state index in [2.05, 4.69) is 45.5 Å². The summed E-state index contributed by atoms with van der Waals surface area (Å²) in [7, 11) is 0. The van der Waals surface area contributed by atoms with Crippen molar-refractivity contribution in [2.75, 3.05) is 43.0 Å². The number of fused-ring (bicyclic) bond motifs is 1. The third-order valence-corrected chi connectivity index (χ3v) is 6.67. The van der Waals surface area contributed by atoms with Gasteiger partial charge in [0.1, 0.15) is 17.0 Å². The summed E-state index contributed by atoms with van der Waals surface area (Å²) < 4.78 is 45.9. The Labute approximate surface area is 240 Å². The van der Waals surface area contributed by atoms with E-state index >= 15 is 0 Å². The zero-order valence-electron chi connectivity index (χ0n) is 23.4. The van der Waals surface area contributed by atoms with E-state index in [1.54, 1.807) is 0 Å². The summed E-state index contributed by atoms with van der Waals surface area (Å²) in [6, 6.07) is 5.38. The molecule has 2 aliphatic rings. The number of nitrogens with one attached hydrogen (secondary N) is 1. The van der Waals surface area contributed by atoms with E-state index in [-0.39, 0.29) is 29.8 Å². The number of piperidine rings is 1. The van der Waals surface area contributed by atoms with Crippen molar-refractivity contribution in [1.82, 2.24) is 24.8 Å². The van der Waals surface area contributed by atoms with Crippen LogP contribution in [0.25, 0.3) is 11.2 Å². The van der Waals surface area contributed by atoms with Crippen LogP contribution in [0.5, 0.6) is 11.5 Å². The van der Waals surface area contributed by atoms with Gasteiger partial charge in [0, 0.05) is 26.1 Å². The Bertz CT molecular complexity index is 1370. The van der Waals surface area contributed by atoms with Crippen molar-refractivity contribution in [3.05, 3.63) is 36.2 Å². The molecule has 0 saturated carbocycles. The fourth-order valence-corrected chi connectivity index (χ4v) is 4.83. The lowest BCUT2D eigenvalue weighted by Gasteiger charge is -2.36. The van der Waals surface area contributed by atoms with E-state index in [0.717, 1.165) is 38.1 Å². The van der Waals surface area contributed by atoms with Crippen molar-refractivity contribution < 1.29 is 32.2 Å². The Kier molecular flexibility index (Phi) is 9.93. The molecule has 2 fully saturated rings. The maximum Gasteiger partial charge on any atom is 0.573 e. The lowest BCUT2D eigenvalue weighted by atomic mass is 10.0. The van der Waals surface area contributed by atoms with Gasteiger partial charge in [0.25, 0.3) is 5.91 Å². The fraction of sp³-hybridized carbons (Fsp3) is 0.481. The number of likely N-dealkylation sites (tertiary alicyclic amines) is 1. The van der Waals surface area contributed by atoms with Gasteiger partial charge in [0.05, 0.1) is 11.9 Å². The van der Waals surface area contributed by atoms with Crippen LogP contribution in [0.15, 0.2) is 30.5 Å². The van der Waals surface area contributed by atoms with Gasteiger partial charge in [0.15, 0.2) is 18.1 Å². The molecule has 4 heterocycles. The van der Waals surface area contributed by atoms with Crippen LogP contribution in [0, 0.1) is 6.92 Å². The predicted molar refractivity (Wildman–Crippen MR) is 148 cm³/mol. The van der Waals surface area contributed by atoms with Gasteiger partial charge in [-0.15, -0.1) is 13.2 Å². The highest BCUT2D eigenvalue weighted by molar-refractivity contribution is 5.91. The summed E-state index contributed by atoms with van der Waals surface area (Å²) >= 11 is 0. The highest BCUT2D eigenvalue weighted by Gasteiger charge is 2.31. The van der Waals surface area contributed by atoms with Crippen LogP contribution >= 0.6 is 0 Å². The highest BCUT2D eigenvalue weighted by Crippen LogP contribution is 2.26. The van der Waals surface area contributed by atoms with Gasteiger partial charge in [-0.3, -0.25) is 9.59 Å². The Balaban J connectivity index is 0.000000952. The summed E-state index contributed by atoms with van der Waals surface area (Å²) in [4.78, 5) is 44.4. The van der Waals surface area contributed by atoms with Gasteiger partial charge in [-0.05, 0) is 70.0 Å². The molecule has 0 unspecified atom stereocenters. The maximum atomic E-state index is 12.3. The number of aromatic nitrogens is 4. The zero-order chi connectivity index (χ0) is 30.3. The normalized spacial score (nSPS) is 16.1. The van der Waals surface area contributed by atoms with Gasteiger partial charge in [0.2, 0.25) is 11.9 Å². The number of nitrogens with two attached hydrogens (primary N) is 1. The topological polar surface area (TPSA) is 149 Å². The number of hydrogen-bond donors (Lipinski definition) is 2. The monoisotopic (exact) mass is 590 g/mol. The minimum absolute atomic E-state index is 0.209. The first-order valence-corrected chi connectivity index (χ1v) is 13.5. The molecule has 0 radical (unpaired) electrons. The number of alkyl halides is 3. The van der Waals surface area contributed by atoms with Crippen molar-refractivity contribution in [2.45, 2.75) is 51.9 Å². The van der Waals surface area contributed by atoms with Crippen LogP contribution in [-0.4, -0.2) is 81.8 Å². The predicted octanol–water partition coefficient (Wildman–Crippen LogP) is 3.20.